The summed E-state index contributed by atoms with van der Waals surface area (Å²) >= 11 is 0. The van der Waals surface area contributed by atoms with Gasteiger partial charge in [-0.05, 0) is 24.8 Å². The maximum absolute atomic E-state index is 11.6. The molecule has 27 heavy (non-hydrogen) atoms. The van der Waals surface area contributed by atoms with E-state index in [4.69, 9.17) is 4.74 Å². The Bertz CT molecular complexity index is 706. The highest BCUT2D eigenvalue weighted by Gasteiger charge is 2.05. The molecule has 0 spiro atoms. The van der Waals surface area contributed by atoms with Gasteiger partial charge in [-0.15, -0.1) is 0 Å². The molecule has 1 heterocycles. The van der Waals surface area contributed by atoms with Gasteiger partial charge in [-0.25, -0.2) is 14.8 Å². The summed E-state index contributed by atoms with van der Waals surface area (Å²) in [6, 6.07) is 8.40. The minimum atomic E-state index is -0.410. The normalized spacial score (nSPS) is 11.0. The maximum Gasteiger partial charge on any atom is 0.335 e. The Balaban J connectivity index is 1.83. The minimum absolute atomic E-state index is 0.351. The van der Waals surface area contributed by atoms with Crippen LogP contribution in [-0.4, -0.2) is 15.9 Å². The van der Waals surface area contributed by atoms with E-state index in [0.29, 0.717) is 11.6 Å². The number of aryl methyl sites for hydroxylation is 1. The van der Waals surface area contributed by atoms with Crippen LogP contribution in [0.5, 0.6) is 5.75 Å². The molecular weight excluding hydrogens is 336 g/mol. The Kier molecular flexibility index (Phi) is 9.25. The fraction of sp³-hybridized carbons (Fsp3) is 0.435. The van der Waals surface area contributed by atoms with Crippen molar-refractivity contribution in [3.63, 3.8) is 0 Å². The first-order valence-corrected chi connectivity index (χ1v) is 10.0. The SMILES string of the molecule is CC/C=C/C(=O)Oc1cnc(-c2ccc(CCCCCCCC)cc2)nc1. The number of rotatable bonds is 11. The summed E-state index contributed by atoms with van der Waals surface area (Å²) in [6.07, 6.45) is 16.0. The Morgan fingerprint density at radius 1 is 0.963 bits per heavy atom. The molecule has 144 valence electrons. The van der Waals surface area contributed by atoms with E-state index < -0.39 is 5.97 Å². The summed E-state index contributed by atoms with van der Waals surface area (Å²) in [7, 11) is 0. The van der Waals surface area contributed by atoms with Crippen LogP contribution >= 0.6 is 0 Å². The Labute approximate surface area is 162 Å². The van der Waals surface area contributed by atoms with E-state index >= 15 is 0 Å². The molecule has 0 fully saturated rings. The van der Waals surface area contributed by atoms with Crippen LogP contribution in [0.3, 0.4) is 0 Å². The zero-order chi connectivity index (χ0) is 19.3. The quantitative estimate of drug-likeness (QED) is 0.281. The molecule has 0 amide bonds. The number of allylic oxidation sites excluding steroid dienone is 1. The molecule has 4 nitrogen and oxygen atoms in total. The lowest BCUT2D eigenvalue weighted by Crippen LogP contribution is -2.04. The maximum atomic E-state index is 11.6. The first kappa shape index (κ1) is 20.8. The third-order valence-corrected chi connectivity index (χ3v) is 4.37. The molecule has 0 aliphatic rings. The van der Waals surface area contributed by atoms with Crippen molar-refractivity contribution in [2.24, 2.45) is 0 Å². The van der Waals surface area contributed by atoms with Crippen LogP contribution in [-0.2, 0) is 11.2 Å². The van der Waals surface area contributed by atoms with Crippen LogP contribution in [0.2, 0.25) is 0 Å². The molecule has 1 aromatic heterocycles. The number of nitrogens with zero attached hydrogens (tertiary/aromatic N) is 2. The average molecular weight is 367 g/mol. The second-order valence-corrected chi connectivity index (χ2v) is 6.69. The van der Waals surface area contributed by atoms with Crippen LogP contribution < -0.4 is 4.74 Å². The predicted octanol–water partition coefficient (Wildman–Crippen LogP) is 5.92. The van der Waals surface area contributed by atoms with Crippen molar-refractivity contribution in [1.29, 1.82) is 0 Å². The van der Waals surface area contributed by atoms with Gasteiger partial charge in [0.1, 0.15) is 0 Å². The van der Waals surface area contributed by atoms with Gasteiger partial charge in [-0.1, -0.05) is 76.3 Å². The number of hydrogen-bond donors (Lipinski definition) is 0. The van der Waals surface area contributed by atoms with Crippen molar-refractivity contribution in [3.05, 3.63) is 54.4 Å². The second-order valence-electron chi connectivity index (χ2n) is 6.69. The van der Waals surface area contributed by atoms with Gasteiger partial charge in [0.2, 0.25) is 0 Å². The number of ether oxygens (including phenoxy) is 1. The van der Waals surface area contributed by atoms with Crippen molar-refractivity contribution in [2.45, 2.75) is 65.2 Å². The zero-order valence-electron chi connectivity index (χ0n) is 16.5. The highest BCUT2D eigenvalue weighted by Crippen LogP contribution is 2.18. The number of unbranched alkanes of at least 4 members (excludes halogenated alkanes) is 5. The van der Waals surface area contributed by atoms with Crippen LogP contribution in [0.1, 0.15) is 64.4 Å². The first-order chi connectivity index (χ1) is 13.2. The predicted molar refractivity (Wildman–Crippen MR) is 110 cm³/mol. The van der Waals surface area contributed by atoms with E-state index in [1.54, 1.807) is 6.08 Å². The van der Waals surface area contributed by atoms with Gasteiger partial charge in [0.25, 0.3) is 0 Å². The summed E-state index contributed by atoms with van der Waals surface area (Å²) in [5.41, 5.74) is 2.31. The fourth-order valence-corrected chi connectivity index (χ4v) is 2.81. The molecule has 0 aliphatic heterocycles. The summed E-state index contributed by atoms with van der Waals surface area (Å²) in [6.45, 7) is 4.21. The molecule has 0 saturated heterocycles. The van der Waals surface area contributed by atoms with E-state index in [2.05, 4.69) is 41.2 Å². The number of aromatic nitrogens is 2. The van der Waals surface area contributed by atoms with Gasteiger partial charge in [0, 0.05) is 11.6 Å². The first-order valence-electron chi connectivity index (χ1n) is 10.0. The zero-order valence-corrected chi connectivity index (χ0v) is 16.5. The second kappa shape index (κ2) is 12.0. The Hall–Kier alpha value is -2.49. The van der Waals surface area contributed by atoms with Crippen molar-refractivity contribution in [3.8, 4) is 17.1 Å². The molecule has 0 atom stereocenters. The molecule has 2 rings (SSSR count). The number of carbonyl (C=O) groups is 1. The van der Waals surface area contributed by atoms with E-state index in [9.17, 15) is 4.79 Å². The van der Waals surface area contributed by atoms with Crippen molar-refractivity contribution in [1.82, 2.24) is 9.97 Å². The molecule has 0 aliphatic carbocycles. The van der Waals surface area contributed by atoms with Gasteiger partial charge in [-0.3, -0.25) is 0 Å². The Morgan fingerprint density at radius 2 is 1.63 bits per heavy atom. The number of hydrogen-bond acceptors (Lipinski definition) is 4. The van der Waals surface area contributed by atoms with Crippen LogP contribution in [0.15, 0.2) is 48.8 Å². The lowest BCUT2D eigenvalue weighted by Gasteiger charge is -2.05. The van der Waals surface area contributed by atoms with E-state index in [1.807, 2.05) is 6.92 Å². The fourth-order valence-electron chi connectivity index (χ4n) is 2.81. The van der Waals surface area contributed by atoms with Gasteiger partial charge in [0.15, 0.2) is 11.6 Å². The van der Waals surface area contributed by atoms with Gasteiger partial charge in [0.05, 0.1) is 12.4 Å². The summed E-state index contributed by atoms with van der Waals surface area (Å²) in [5, 5.41) is 0. The molecule has 1 aromatic carbocycles. The highest BCUT2D eigenvalue weighted by atomic mass is 16.5. The molecule has 4 heteroatoms. The minimum Gasteiger partial charge on any atom is -0.420 e. The third kappa shape index (κ3) is 7.73. The van der Waals surface area contributed by atoms with Crippen LogP contribution in [0, 0.1) is 0 Å². The smallest absolute Gasteiger partial charge is 0.335 e. The van der Waals surface area contributed by atoms with Crippen molar-refractivity contribution >= 4 is 5.97 Å². The van der Waals surface area contributed by atoms with Crippen LogP contribution in [0.25, 0.3) is 11.4 Å². The summed E-state index contributed by atoms with van der Waals surface area (Å²) in [5.74, 6) is 0.571. The number of benzene rings is 1. The molecule has 0 N–H and O–H groups in total. The molecule has 0 saturated carbocycles. The van der Waals surface area contributed by atoms with Gasteiger partial charge in [-0.2, -0.15) is 0 Å². The van der Waals surface area contributed by atoms with Crippen molar-refractivity contribution in [2.75, 3.05) is 0 Å². The average Bonchev–Trinajstić information content (AvgIpc) is 2.70. The monoisotopic (exact) mass is 366 g/mol. The summed E-state index contributed by atoms with van der Waals surface area (Å²) < 4.78 is 5.16. The van der Waals surface area contributed by atoms with E-state index in [-0.39, 0.29) is 0 Å². The molecule has 0 unspecified atom stereocenters. The summed E-state index contributed by atoms with van der Waals surface area (Å²) in [4.78, 5) is 20.2. The standard InChI is InChI=1S/C23H30N2O2/c1-3-5-7-8-9-10-11-19-13-15-20(16-14-19)23-24-17-21(18-25-23)27-22(26)12-6-4-2/h6,12-18H,3-5,7-11H2,1-2H3/b12-6+. The molecule has 2 aromatic rings. The highest BCUT2D eigenvalue weighted by molar-refractivity contribution is 5.83. The molecular formula is C23H30N2O2. The van der Waals surface area contributed by atoms with E-state index in [1.165, 1.54) is 62.6 Å². The van der Waals surface area contributed by atoms with Crippen LogP contribution in [0.4, 0.5) is 0 Å². The molecule has 0 radical (unpaired) electrons. The number of esters is 1. The number of carbonyl (C=O) groups excluding carboxylic acids is 1. The van der Waals surface area contributed by atoms with Gasteiger partial charge < -0.3 is 4.74 Å². The third-order valence-electron chi connectivity index (χ3n) is 4.37. The van der Waals surface area contributed by atoms with E-state index in [0.717, 1.165) is 18.4 Å². The van der Waals surface area contributed by atoms with Crippen molar-refractivity contribution < 1.29 is 9.53 Å². The topological polar surface area (TPSA) is 52.1 Å². The Morgan fingerprint density at radius 3 is 2.30 bits per heavy atom. The largest absolute Gasteiger partial charge is 0.420 e. The lowest BCUT2D eigenvalue weighted by molar-refractivity contribution is -0.129. The lowest BCUT2D eigenvalue weighted by atomic mass is 10.0. The molecule has 0 bridgehead atoms. The van der Waals surface area contributed by atoms with Gasteiger partial charge >= 0.3 is 5.97 Å².